The molecule has 0 amide bonds. The van der Waals surface area contributed by atoms with Crippen LogP contribution >= 0.6 is 0 Å². The van der Waals surface area contributed by atoms with E-state index in [0.717, 1.165) is 0 Å². The maximum Gasteiger partial charge on any atom is 0.120 e. The first kappa shape index (κ1) is 7.45. The van der Waals surface area contributed by atoms with Crippen molar-refractivity contribution in [3.05, 3.63) is 6.08 Å². The first-order chi connectivity index (χ1) is 3.68. The van der Waals surface area contributed by atoms with Crippen molar-refractivity contribution in [3.63, 3.8) is 0 Å². The van der Waals surface area contributed by atoms with E-state index in [1.54, 1.807) is 12.0 Å². The molecule has 0 saturated carbocycles. The largest absolute Gasteiger partial charge is 0.234 e. The highest BCUT2D eigenvalue weighted by Crippen LogP contribution is 2.08. The zero-order chi connectivity index (χ0) is 6.57. The van der Waals surface area contributed by atoms with Crippen LogP contribution in [0.1, 0.15) is 20.8 Å². The molecule has 0 aromatic heterocycles. The second-order valence-electron chi connectivity index (χ2n) is 2.39. The van der Waals surface area contributed by atoms with Crippen molar-refractivity contribution in [1.29, 1.82) is 0 Å². The number of carbonyl (C=O) groups excluding carboxylic acids is 1. The van der Waals surface area contributed by atoms with Gasteiger partial charge < -0.3 is 0 Å². The van der Waals surface area contributed by atoms with Crippen molar-refractivity contribution in [1.82, 2.24) is 0 Å². The van der Waals surface area contributed by atoms with Crippen molar-refractivity contribution in [2.45, 2.75) is 20.8 Å². The smallest absolute Gasteiger partial charge is 0.120 e. The zero-order valence-electron chi connectivity index (χ0n) is 5.64. The summed E-state index contributed by atoms with van der Waals surface area (Å²) in [5.74, 6) is 2.69. The van der Waals surface area contributed by atoms with Crippen LogP contribution in [0.2, 0.25) is 0 Å². The molecule has 0 aliphatic rings. The Morgan fingerprint density at radius 1 is 1.38 bits per heavy atom. The molecule has 0 aliphatic heterocycles. The van der Waals surface area contributed by atoms with Gasteiger partial charge in [-0.05, 0) is 11.8 Å². The number of rotatable bonds is 2. The lowest BCUT2D eigenvalue weighted by Crippen LogP contribution is -1.98. The van der Waals surface area contributed by atoms with E-state index in [0.29, 0.717) is 11.8 Å². The van der Waals surface area contributed by atoms with E-state index >= 15 is 0 Å². The van der Waals surface area contributed by atoms with Crippen molar-refractivity contribution >= 4 is 5.94 Å². The van der Waals surface area contributed by atoms with Gasteiger partial charge in [-0.2, -0.15) is 0 Å². The molecule has 0 aromatic carbocycles. The van der Waals surface area contributed by atoms with Gasteiger partial charge in [-0.3, -0.25) is 0 Å². The molecule has 1 atom stereocenters. The highest BCUT2D eigenvalue weighted by atomic mass is 16.1. The summed E-state index contributed by atoms with van der Waals surface area (Å²) in [6.45, 7) is 6.17. The monoisotopic (exact) mass is 112 g/mol. The molecular formula is C7H12O. The van der Waals surface area contributed by atoms with Gasteiger partial charge in [0.05, 0.1) is 0 Å². The summed E-state index contributed by atoms with van der Waals surface area (Å²) in [7, 11) is 0. The van der Waals surface area contributed by atoms with Crippen LogP contribution in [-0.2, 0) is 4.79 Å². The van der Waals surface area contributed by atoms with Crippen molar-refractivity contribution in [2.75, 3.05) is 0 Å². The van der Waals surface area contributed by atoms with Crippen molar-refractivity contribution in [2.24, 2.45) is 11.8 Å². The van der Waals surface area contributed by atoms with Gasteiger partial charge in [0.2, 0.25) is 0 Å². The molecule has 0 bridgehead atoms. The van der Waals surface area contributed by atoms with Gasteiger partial charge in [0.15, 0.2) is 0 Å². The number of hydrogen-bond donors (Lipinski definition) is 0. The Morgan fingerprint density at radius 2 is 1.88 bits per heavy atom. The maximum absolute atomic E-state index is 9.74. The lowest BCUT2D eigenvalue weighted by molar-refractivity contribution is 0.500. The van der Waals surface area contributed by atoms with Crippen molar-refractivity contribution < 1.29 is 4.79 Å². The summed E-state index contributed by atoms with van der Waals surface area (Å²) < 4.78 is 0. The molecule has 8 heavy (non-hydrogen) atoms. The molecule has 0 aromatic rings. The van der Waals surface area contributed by atoms with Crippen molar-refractivity contribution in [3.8, 4) is 0 Å². The third-order valence-electron chi connectivity index (χ3n) is 1.38. The molecule has 1 heteroatoms. The number of allylic oxidation sites excluding steroid dienone is 1. The summed E-state index contributed by atoms with van der Waals surface area (Å²) in [5, 5.41) is 0. The number of hydrogen-bond acceptors (Lipinski definition) is 1. The van der Waals surface area contributed by atoms with E-state index in [4.69, 9.17) is 0 Å². The third-order valence-corrected chi connectivity index (χ3v) is 1.38. The van der Waals surface area contributed by atoms with Crippen LogP contribution in [0.4, 0.5) is 0 Å². The third kappa shape index (κ3) is 2.59. The molecule has 46 valence electrons. The minimum absolute atomic E-state index is 0.368. The summed E-state index contributed by atoms with van der Waals surface area (Å²) in [5.41, 5.74) is 0. The van der Waals surface area contributed by atoms with Gasteiger partial charge in [-0.25, -0.2) is 4.79 Å². The van der Waals surface area contributed by atoms with E-state index in [1.807, 2.05) is 6.92 Å². The molecular weight excluding hydrogens is 100 g/mol. The Morgan fingerprint density at radius 3 is 2.00 bits per heavy atom. The SMILES string of the molecule is CC(C)C(C)C=C=O. The Hall–Kier alpha value is -0.550. The first-order valence-electron chi connectivity index (χ1n) is 2.89. The van der Waals surface area contributed by atoms with Gasteiger partial charge in [-0.15, -0.1) is 0 Å². The predicted molar refractivity (Wildman–Crippen MR) is 34.3 cm³/mol. The molecule has 0 radical (unpaired) electrons. The molecule has 0 rings (SSSR count). The topological polar surface area (TPSA) is 17.1 Å². The second-order valence-corrected chi connectivity index (χ2v) is 2.39. The predicted octanol–water partition coefficient (Wildman–Crippen LogP) is 1.67. The molecule has 0 fully saturated rings. The highest BCUT2D eigenvalue weighted by molar-refractivity contribution is 5.45. The Bertz CT molecular complexity index is 99.0. The fourth-order valence-electron chi connectivity index (χ4n) is 0.300. The quantitative estimate of drug-likeness (QED) is 0.496. The van der Waals surface area contributed by atoms with Crippen LogP contribution in [-0.4, -0.2) is 5.94 Å². The van der Waals surface area contributed by atoms with Crippen LogP contribution < -0.4 is 0 Å². The Labute approximate surface area is 50.4 Å². The van der Waals surface area contributed by atoms with E-state index in [1.165, 1.54) is 0 Å². The van der Waals surface area contributed by atoms with Crippen LogP contribution in [0.5, 0.6) is 0 Å². The molecule has 0 N–H and O–H groups in total. The molecule has 0 aliphatic carbocycles. The molecule has 0 heterocycles. The summed E-state index contributed by atoms with van der Waals surface area (Å²) in [4.78, 5) is 9.74. The fourth-order valence-corrected chi connectivity index (χ4v) is 0.300. The van der Waals surface area contributed by atoms with Crippen LogP contribution in [0.15, 0.2) is 6.08 Å². The molecule has 1 nitrogen and oxygen atoms in total. The van der Waals surface area contributed by atoms with E-state index in [-0.39, 0.29) is 0 Å². The van der Waals surface area contributed by atoms with Gasteiger partial charge in [0, 0.05) is 6.08 Å². The van der Waals surface area contributed by atoms with Crippen LogP contribution in [0.3, 0.4) is 0 Å². The zero-order valence-corrected chi connectivity index (χ0v) is 5.64. The summed E-state index contributed by atoms with van der Waals surface area (Å²) >= 11 is 0. The summed E-state index contributed by atoms with van der Waals surface area (Å²) in [6.07, 6.45) is 1.56. The van der Waals surface area contributed by atoms with Gasteiger partial charge >= 0.3 is 0 Å². The van der Waals surface area contributed by atoms with Crippen LogP contribution in [0.25, 0.3) is 0 Å². The van der Waals surface area contributed by atoms with Gasteiger partial charge in [-0.1, -0.05) is 20.8 Å². The van der Waals surface area contributed by atoms with Crippen LogP contribution in [0, 0.1) is 11.8 Å². The lowest BCUT2D eigenvalue weighted by Gasteiger charge is -2.06. The molecule has 0 spiro atoms. The minimum atomic E-state index is 0.368. The van der Waals surface area contributed by atoms with E-state index in [9.17, 15) is 4.79 Å². The second kappa shape index (κ2) is 3.45. The van der Waals surface area contributed by atoms with E-state index < -0.39 is 0 Å². The standard InChI is InChI=1S/C7H12O/c1-6(2)7(3)4-5-8/h4,6-7H,1-3H3. The van der Waals surface area contributed by atoms with E-state index in [2.05, 4.69) is 13.8 Å². The first-order valence-corrected chi connectivity index (χ1v) is 2.89. The fraction of sp³-hybridized carbons (Fsp3) is 0.714. The van der Waals surface area contributed by atoms with Gasteiger partial charge in [0.1, 0.15) is 5.94 Å². The molecule has 0 saturated heterocycles. The Balaban J connectivity index is 3.63. The Kier molecular flexibility index (Phi) is 3.21. The minimum Gasteiger partial charge on any atom is -0.234 e. The molecule has 1 unspecified atom stereocenters. The highest BCUT2D eigenvalue weighted by Gasteiger charge is 2.00. The van der Waals surface area contributed by atoms with Gasteiger partial charge in [0.25, 0.3) is 0 Å². The maximum atomic E-state index is 9.74. The average Bonchev–Trinajstić information content (AvgIpc) is 1.67. The summed E-state index contributed by atoms with van der Waals surface area (Å²) in [6, 6.07) is 0. The lowest BCUT2D eigenvalue weighted by atomic mass is 9.99. The average molecular weight is 112 g/mol. The normalized spacial score (nSPS) is 13.0.